The van der Waals surface area contributed by atoms with Crippen LogP contribution in [0.15, 0.2) is 18.5 Å². The fraction of sp³-hybridized carbons (Fsp3) is 0.400. The third-order valence-corrected chi connectivity index (χ3v) is 2.55. The summed E-state index contributed by atoms with van der Waals surface area (Å²) >= 11 is 0. The summed E-state index contributed by atoms with van der Waals surface area (Å²) in [6.07, 6.45) is -1.41. The van der Waals surface area contributed by atoms with Crippen molar-refractivity contribution in [3.05, 3.63) is 29.7 Å². The van der Waals surface area contributed by atoms with Crippen LogP contribution in [-0.4, -0.2) is 21.1 Å². The van der Waals surface area contributed by atoms with Gasteiger partial charge in [-0.2, -0.15) is 18.3 Å². The molecule has 0 aromatic carbocycles. The highest BCUT2D eigenvalue weighted by Crippen LogP contribution is 2.28. The van der Waals surface area contributed by atoms with Gasteiger partial charge in [0.25, 0.3) is 0 Å². The zero-order valence-corrected chi connectivity index (χ0v) is 9.07. The number of hydrogen-bond acceptors (Lipinski definition) is 3. The highest BCUT2D eigenvalue weighted by Gasteiger charge is 2.34. The van der Waals surface area contributed by atoms with Crippen molar-refractivity contribution in [2.24, 2.45) is 5.73 Å². The van der Waals surface area contributed by atoms with Crippen molar-refractivity contribution in [2.75, 3.05) is 6.54 Å². The van der Waals surface area contributed by atoms with Gasteiger partial charge in [0.2, 0.25) is 0 Å². The lowest BCUT2D eigenvalue weighted by Crippen LogP contribution is -2.10. The first-order chi connectivity index (χ1) is 7.91. The monoisotopic (exact) mass is 244 g/mol. The van der Waals surface area contributed by atoms with Crippen LogP contribution in [0.5, 0.6) is 0 Å². The van der Waals surface area contributed by atoms with E-state index in [-0.39, 0.29) is 11.6 Å². The predicted octanol–water partition coefficient (Wildman–Crippen LogP) is 1.81. The van der Waals surface area contributed by atoms with Crippen molar-refractivity contribution in [3.63, 3.8) is 0 Å². The lowest BCUT2D eigenvalue weighted by atomic mass is 10.1. The number of alkyl halides is 3. The van der Waals surface area contributed by atoms with E-state index in [4.69, 9.17) is 5.73 Å². The van der Waals surface area contributed by atoms with Crippen molar-refractivity contribution in [1.29, 1.82) is 0 Å². The molecule has 0 aliphatic carbocycles. The van der Waals surface area contributed by atoms with Crippen molar-refractivity contribution in [2.45, 2.75) is 19.0 Å². The summed E-state index contributed by atoms with van der Waals surface area (Å²) in [6.45, 7) is 2.28. The average Bonchev–Trinajstić information content (AvgIpc) is 2.70. The lowest BCUT2D eigenvalue weighted by molar-refractivity contribution is -0.141. The van der Waals surface area contributed by atoms with E-state index in [1.165, 1.54) is 12.4 Å². The Bertz CT molecular complexity index is 532. The molecule has 7 heteroatoms. The van der Waals surface area contributed by atoms with Crippen LogP contribution in [0.4, 0.5) is 13.2 Å². The maximum atomic E-state index is 12.4. The highest BCUT2D eigenvalue weighted by atomic mass is 19.4. The number of nitrogens with zero attached hydrogens (tertiary/aromatic N) is 3. The standard InChI is InChI=1S/C10H11F3N4/c1-6(3-14)7-4-15-9-2-8(10(11,12)13)16-17(9)5-7/h2,4-6H,3,14H2,1H3. The molecule has 2 N–H and O–H groups in total. The first kappa shape index (κ1) is 11.8. The van der Waals surface area contributed by atoms with Crippen molar-refractivity contribution in [1.82, 2.24) is 14.6 Å². The van der Waals surface area contributed by atoms with Gasteiger partial charge in [-0.15, -0.1) is 0 Å². The minimum absolute atomic E-state index is 0.0328. The molecule has 4 nitrogen and oxygen atoms in total. The highest BCUT2D eigenvalue weighted by molar-refractivity contribution is 5.40. The van der Waals surface area contributed by atoms with Crippen LogP contribution in [0.1, 0.15) is 24.1 Å². The fourth-order valence-electron chi connectivity index (χ4n) is 1.42. The number of fused-ring (bicyclic) bond motifs is 1. The Hall–Kier alpha value is -1.63. The van der Waals surface area contributed by atoms with Gasteiger partial charge in [0, 0.05) is 18.5 Å². The van der Waals surface area contributed by atoms with Gasteiger partial charge in [0.1, 0.15) is 0 Å². The third-order valence-electron chi connectivity index (χ3n) is 2.55. The number of nitrogens with two attached hydrogens (primary N) is 1. The molecule has 2 heterocycles. The molecular weight excluding hydrogens is 233 g/mol. The summed E-state index contributed by atoms with van der Waals surface area (Å²) in [6, 6.07) is 0.914. The molecule has 0 aliphatic rings. The molecule has 92 valence electrons. The summed E-state index contributed by atoms with van der Waals surface area (Å²) in [5.74, 6) is 0.0328. The Labute approximate surface area is 95.3 Å². The van der Waals surface area contributed by atoms with Crippen LogP contribution in [-0.2, 0) is 6.18 Å². The molecule has 2 aromatic rings. The second-order valence-electron chi connectivity index (χ2n) is 3.85. The van der Waals surface area contributed by atoms with E-state index in [0.717, 1.165) is 16.1 Å². The Balaban J connectivity index is 2.48. The largest absolute Gasteiger partial charge is 0.435 e. The Morgan fingerprint density at radius 3 is 2.76 bits per heavy atom. The summed E-state index contributed by atoms with van der Waals surface area (Å²) in [5.41, 5.74) is 5.48. The van der Waals surface area contributed by atoms with E-state index in [2.05, 4.69) is 10.1 Å². The van der Waals surface area contributed by atoms with Crippen molar-refractivity contribution < 1.29 is 13.2 Å². The van der Waals surface area contributed by atoms with Gasteiger partial charge < -0.3 is 5.73 Å². The third kappa shape index (κ3) is 2.23. The van der Waals surface area contributed by atoms with Crippen molar-refractivity contribution >= 4 is 5.65 Å². The molecule has 0 spiro atoms. The van der Waals surface area contributed by atoms with Gasteiger partial charge in [-0.05, 0) is 18.0 Å². The van der Waals surface area contributed by atoms with Gasteiger partial charge in [-0.25, -0.2) is 9.50 Å². The quantitative estimate of drug-likeness (QED) is 0.876. The zero-order chi connectivity index (χ0) is 12.6. The summed E-state index contributed by atoms with van der Waals surface area (Å²) in [4.78, 5) is 3.93. The number of rotatable bonds is 2. The minimum Gasteiger partial charge on any atom is -0.330 e. The maximum absolute atomic E-state index is 12.4. The van der Waals surface area contributed by atoms with Gasteiger partial charge in [-0.1, -0.05) is 6.92 Å². The molecule has 0 aliphatic heterocycles. The van der Waals surface area contributed by atoms with Crippen molar-refractivity contribution in [3.8, 4) is 0 Å². The molecule has 0 bridgehead atoms. The van der Waals surface area contributed by atoms with E-state index in [0.29, 0.717) is 6.54 Å². The van der Waals surface area contributed by atoms with Crippen LogP contribution < -0.4 is 5.73 Å². The van der Waals surface area contributed by atoms with Gasteiger partial charge in [-0.3, -0.25) is 0 Å². The molecule has 0 radical (unpaired) electrons. The fourth-order valence-corrected chi connectivity index (χ4v) is 1.42. The first-order valence-electron chi connectivity index (χ1n) is 5.04. The molecule has 1 unspecified atom stereocenters. The van der Waals surface area contributed by atoms with Gasteiger partial charge in [0.15, 0.2) is 11.3 Å². The number of halogens is 3. The average molecular weight is 244 g/mol. The minimum atomic E-state index is -4.45. The second kappa shape index (κ2) is 3.99. The van der Waals surface area contributed by atoms with Crippen LogP contribution >= 0.6 is 0 Å². The molecule has 0 saturated carbocycles. The van der Waals surface area contributed by atoms with Crippen LogP contribution in [0.25, 0.3) is 5.65 Å². The SMILES string of the molecule is CC(CN)c1cnc2cc(C(F)(F)F)nn2c1. The molecular formula is C10H11F3N4. The molecule has 0 amide bonds. The molecule has 0 fully saturated rings. The van der Waals surface area contributed by atoms with E-state index >= 15 is 0 Å². The normalized spacial score (nSPS) is 14.2. The van der Waals surface area contributed by atoms with Crippen LogP contribution in [0, 0.1) is 0 Å². The van der Waals surface area contributed by atoms with Crippen LogP contribution in [0.3, 0.4) is 0 Å². The second-order valence-corrected chi connectivity index (χ2v) is 3.85. The van der Waals surface area contributed by atoms with Crippen LogP contribution in [0.2, 0.25) is 0 Å². The molecule has 2 rings (SSSR count). The Kier molecular flexibility index (Phi) is 2.78. The zero-order valence-electron chi connectivity index (χ0n) is 9.07. The Morgan fingerprint density at radius 1 is 1.47 bits per heavy atom. The maximum Gasteiger partial charge on any atom is 0.435 e. The topological polar surface area (TPSA) is 56.2 Å². The van der Waals surface area contributed by atoms with Gasteiger partial charge >= 0.3 is 6.18 Å². The predicted molar refractivity (Wildman–Crippen MR) is 55.5 cm³/mol. The molecule has 2 aromatic heterocycles. The molecule has 0 saturated heterocycles. The lowest BCUT2D eigenvalue weighted by Gasteiger charge is -2.07. The Morgan fingerprint density at radius 2 is 2.18 bits per heavy atom. The van der Waals surface area contributed by atoms with E-state index in [9.17, 15) is 13.2 Å². The summed E-state index contributed by atoms with van der Waals surface area (Å²) < 4.78 is 38.4. The van der Waals surface area contributed by atoms with Gasteiger partial charge in [0.05, 0.1) is 0 Å². The molecule has 17 heavy (non-hydrogen) atoms. The van der Waals surface area contributed by atoms with E-state index in [1.54, 1.807) is 0 Å². The van der Waals surface area contributed by atoms with E-state index in [1.807, 2.05) is 6.92 Å². The number of aromatic nitrogens is 3. The summed E-state index contributed by atoms with van der Waals surface area (Å²) in [5, 5.41) is 3.45. The number of hydrogen-bond donors (Lipinski definition) is 1. The first-order valence-corrected chi connectivity index (χ1v) is 5.04. The summed E-state index contributed by atoms with van der Waals surface area (Å²) in [7, 11) is 0. The smallest absolute Gasteiger partial charge is 0.330 e. The molecule has 1 atom stereocenters. The van der Waals surface area contributed by atoms with E-state index < -0.39 is 11.9 Å².